The standard InChI is InChI=1S/C20H23ClN2O/c1-23-12-10-18(20(24)19-7-2-3-11-22-19)16(14-23)9-8-15-5-4-6-17(21)13-15/h2-7,11,13,16,18H,8-10,12,14H2,1H3/t16-,18-/m1/s1. The van der Waals surface area contributed by atoms with Crippen LogP contribution in [0.15, 0.2) is 48.7 Å². The van der Waals surface area contributed by atoms with Gasteiger partial charge in [-0.05, 0) is 68.6 Å². The fourth-order valence-corrected chi connectivity index (χ4v) is 3.81. The van der Waals surface area contributed by atoms with Gasteiger partial charge in [-0.3, -0.25) is 9.78 Å². The molecule has 0 saturated carbocycles. The van der Waals surface area contributed by atoms with Gasteiger partial charge in [-0.15, -0.1) is 0 Å². The Balaban J connectivity index is 1.71. The molecule has 1 fully saturated rings. The van der Waals surface area contributed by atoms with Gasteiger partial charge >= 0.3 is 0 Å². The van der Waals surface area contributed by atoms with Gasteiger partial charge in [0.2, 0.25) is 0 Å². The average Bonchev–Trinajstić information content (AvgIpc) is 2.60. The summed E-state index contributed by atoms with van der Waals surface area (Å²) in [5.41, 5.74) is 1.83. The molecule has 0 bridgehead atoms. The van der Waals surface area contributed by atoms with Crippen LogP contribution in [0.3, 0.4) is 0 Å². The number of benzene rings is 1. The van der Waals surface area contributed by atoms with Gasteiger partial charge in [-0.25, -0.2) is 0 Å². The summed E-state index contributed by atoms with van der Waals surface area (Å²) in [7, 11) is 2.13. The Kier molecular flexibility index (Phi) is 5.64. The number of aromatic nitrogens is 1. The minimum absolute atomic E-state index is 0.0651. The SMILES string of the molecule is CN1CC[C@@H](C(=O)c2ccccn2)[C@H](CCc2cccc(Cl)c2)C1. The van der Waals surface area contributed by atoms with Crippen LogP contribution >= 0.6 is 11.6 Å². The molecule has 0 unspecified atom stereocenters. The first-order chi connectivity index (χ1) is 11.6. The topological polar surface area (TPSA) is 33.2 Å². The second kappa shape index (κ2) is 7.91. The summed E-state index contributed by atoms with van der Waals surface area (Å²) in [5.74, 6) is 0.618. The van der Waals surface area contributed by atoms with Crippen molar-refractivity contribution in [3.8, 4) is 0 Å². The molecule has 126 valence electrons. The summed E-state index contributed by atoms with van der Waals surface area (Å²) in [4.78, 5) is 19.5. The number of carbonyl (C=O) groups is 1. The number of Topliss-reactive ketones (excluding diaryl/α,β-unsaturated/α-hetero) is 1. The van der Waals surface area contributed by atoms with E-state index in [2.05, 4.69) is 23.0 Å². The van der Waals surface area contributed by atoms with Crippen molar-refractivity contribution in [2.24, 2.45) is 11.8 Å². The summed E-state index contributed by atoms with van der Waals surface area (Å²) in [6.07, 6.45) is 4.55. The fraction of sp³-hybridized carbons (Fsp3) is 0.400. The Morgan fingerprint density at radius 3 is 2.92 bits per heavy atom. The molecule has 3 rings (SSSR count). The third kappa shape index (κ3) is 4.22. The summed E-state index contributed by atoms with van der Waals surface area (Å²) < 4.78 is 0. The van der Waals surface area contributed by atoms with Gasteiger partial charge in [-0.2, -0.15) is 0 Å². The molecule has 1 aliphatic rings. The molecule has 1 aliphatic heterocycles. The molecule has 2 atom stereocenters. The molecule has 3 nitrogen and oxygen atoms in total. The molecule has 0 radical (unpaired) electrons. The lowest BCUT2D eigenvalue weighted by molar-refractivity contribution is 0.0728. The fourth-order valence-electron chi connectivity index (χ4n) is 3.59. The van der Waals surface area contributed by atoms with E-state index in [0.29, 0.717) is 11.6 Å². The van der Waals surface area contributed by atoms with Gasteiger partial charge < -0.3 is 4.90 Å². The van der Waals surface area contributed by atoms with Crippen molar-refractivity contribution in [3.05, 3.63) is 64.9 Å². The summed E-state index contributed by atoms with van der Waals surface area (Å²) in [6, 6.07) is 13.6. The van der Waals surface area contributed by atoms with E-state index in [1.165, 1.54) is 5.56 Å². The first kappa shape index (κ1) is 17.1. The highest BCUT2D eigenvalue weighted by atomic mass is 35.5. The molecule has 24 heavy (non-hydrogen) atoms. The van der Waals surface area contributed by atoms with Gasteiger partial charge in [0, 0.05) is 23.7 Å². The predicted molar refractivity (Wildman–Crippen MR) is 97.4 cm³/mol. The predicted octanol–water partition coefficient (Wildman–Crippen LogP) is 4.12. The molecule has 1 saturated heterocycles. The lowest BCUT2D eigenvalue weighted by Crippen LogP contribution is -2.41. The molecular weight excluding hydrogens is 320 g/mol. The third-order valence-electron chi connectivity index (χ3n) is 4.88. The Morgan fingerprint density at radius 1 is 1.29 bits per heavy atom. The molecule has 1 aromatic heterocycles. The van der Waals surface area contributed by atoms with Crippen molar-refractivity contribution in [2.75, 3.05) is 20.1 Å². The maximum atomic E-state index is 12.9. The number of rotatable bonds is 5. The number of pyridine rings is 1. The first-order valence-corrected chi connectivity index (χ1v) is 8.89. The van der Waals surface area contributed by atoms with Crippen LogP contribution in [0, 0.1) is 11.8 Å². The quantitative estimate of drug-likeness (QED) is 0.766. The van der Waals surface area contributed by atoms with E-state index >= 15 is 0 Å². The highest BCUT2D eigenvalue weighted by Crippen LogP contribution is 2.30. The van der Waals surface area contributed by atoms with Crippen molar-refractivity contribution < 1.29 is 4.79 Å². The number of nitrogens with zero attached hydrogens (tertiary/aromatic N) is 2. The molecule has 0 aliphatic carbocycles. The maximum Gasteiger partial charge on any atom is 0.184 e. The summed E-state index contributed by atoms with van der Waals surface area (Å²) >= 11 is 6.08. The third-order valence-corrected chi connectivity index (χ3v) is 5.12. The number of halogens is 1. The Labute approximate surface area is 148 Å². The number of hydrogen-bond donors (Lipinski definition) is 0. The van der Waals surface area contributed by atoms with Crippen molar-refractivity contribution in [1.29, 1.82) is 0 Å². The summed E-state index contributed by atoms with van der Waals surface area (Å²) in [6.45, 7) is 1.93. The Bertz CT molecular complexity index is 689. The van der Waals surface area contributed by atoms with Crippen molar-refractivity contribution in [3.63, 3.8) is 0 Å². The van der Waals surface area contributed by atoms with Crippen molar-refractivity contribution in [1.82, 2.24) is 9.88 Å². The van der Waals surface area contributed by atoms with E-state index in [1.807, 2.05) is 36.4 Å². The van der Waals surface area contributed by atoms with E-state index in [9.17, 15) is 4.79 Å². The van der Waals surface area contributed by atoms with Crippen LogP contribution in [0.4, 0.5) is 0 Å². The van der Waals surface area contributed by atoms with Crippen LogP contribution in [0.25, 0.3) is 0 Å². The number of ketones is 1. The largest absolute Gasteiger partial charge is 0.306 e. The number of hydrogen-bond acceptors (Lipinski definition) is 3. The second-order valence-corrected chi connectivity index (χ2v) is 7.10. The molecule has 0 amide bonds. The molecule has 2 heterocycles. The van der Waals surface area contributed by atoms with E-state index < -0.39 is 0 Å². The average molecular weight is 343 g/mol. The normalized spacial score (nSPS) is 21.6. The minimum Gasteiger partial charge on any atom is -0.306 e. The van der Waals surface area contributed by atoms with Gasteiger partial charge in [-0.1, -0.05) is 29.8 Å². The zero-order valence-corrected chi connectivity index (χ0v) is 14.7. The number of likely N-dealkylation sites (tertiary alicyclic amines) is 1. The van der Waals surface area contributed by atoms with E-state index in [-0.39, 0.29) is 11.7 Å². The minimum atomic E-state index is 0.0651. The van der Waals surface area contributed by atoms with Crippen LogP contribution in [0.1, 0.15) is 28.9 Å². The van der Waals surface area contributed by atoms with Crippen molar-refractivity contribution in [2.45, 2.75) is 19.3 Å². The molecular formula is C20H23ClN2O. The molecule has 0 spiro atoms. The molecule has 1 aromatic carbocycles. The zero-order chi connectivity index (χ0) is 16.9. The lowest BCUT2D eigenvalue weighted by atomic mass is 9.78. The van der Waals surface area contributed by atoms with Crippen LogP contribution in [-0.2, 0) is 6.42 Å². The van der Waals surface area contributed by atoms with Gasteiger partial charge in [0.05, 0.1) is 0 Å². The molecule has 0 N–H and O–H groups in total. The van der Waals surface area contributed by atoms with Crippen molar-refractivity contribution >= 4 is 17.4 Å². The van der Waals surface area contributed by atoms with Gasteiger partial charge in [0.1, 0.15) is 5.69 Å². The zero-order valence-electron chi connectivity index (χ0n) is 14.0. The number of carbonyl (C=O) groups excluding carboxylic acids is 1. The van der Waals surface area contributed by atoms with Gasteiger partial charge in [0.15, 0.2) is 5.78 Å². The summed E-state index contributed by atoms with van der Waals surface area (Å²) in [5, 5.41) is 0.773. The highest BCUT2D eigenvalue weighted by molar-refractivity contribution is 6.30. The maximum absolute atomic E-state index is 12.9. The van der Waals surface area contributed by atoms with Crippen LogP contribution < -0.4 is 0 Å². The Morgan fingerprint density at radius 2 is 2.17 bits per heavy atom. The van der Waals surface area contributed by atoms with E-state index in [4.69, 9.17) is 11.6 Å². The second-order valence-electron chi connectivity index (χ2n) is 6.67. The smallest absolute Gasteiger partial charge is 0.184 e. The monoisotopic (exact) mass is 342 g/mol. The van der Waals surface area contributed by atoms with E-state index in [0.717, 1.165) is 37.4 Å². The molecule has 2 aromatic rings. The number of piperidine rings is 1. The van der Waals surface area contributed by atoms with Crippen LogP contribution in [0.5, 0.6) is 0 Å². The number of aryl methyl sites for hydroxylation is 1. The van der Waals surface area contributed by atoms with E-state index in [1.54, 1.807) is 6.20 Å². The van der Waals surface area contributed by atoms with Crippen LogP contribution in [-0.4, -0.2) is 35.8 Å². The molecule has 4 heteroatoms. The first-order valence-electron chi connectivity index (χ1n) is 8.51. The Hall–Kier alpha value is -1.71. The van der Waals surface area contributed by atoms with Crippen LogP contribution in [0.2, 0.25) is 5.02 Å². The highest BCUT2D eigenvalue weighted by Gasteiger charge is 2.33. The van der Waals surface area contributed by atoms with Gasteiger partial charge in [0.25, 0.3) is 0 Å². The lowest BCUT2D eigenvalue weighted by Gasteiger charge is -2.36.